The second kappa shape index (κ2) is 4.97. The first-order chi connectivity index (χ1) is 7.50. The van der Waals surface area contributed by atoms with Gasteiger partial charge in [-0.15, -0.1) is 0 Å². The molecule has 0 aromatic heterocycles. The summed E-state index contributed by atoms with van der Waals surface area (Å²) in [6, 6.07) is 5.68. The van der Waals surface area contributed by atoms with Crippen LogP contribution < -0.4 is 4.74 Å². The van der Waals surface area contributed by atoms with Crippen LogP contribution in [0.3, 0.4) is 0 Å². The molecule has 16 heavy (non-hydrogen) atoms. The topological polar surface area (TPSA) is 26.3 Å². The minimum absolute atomic E-state index is 0.0657. The Morgan fingerprint density at radius 1 is 1.38 bits per heavy atom. The first-order valence-corrected chi connectivity index (χ1v) is 5.33. The molecule has 0 aliphatic heterocycles. The van der Waals surface area contributed by atoms with Gasteiger partial charge in [0.05, 0.1) is 5.56 Å². The summed E-state index contributed by atoms with van der Waals surface area (Å²) < 4.78 is 5.46. The lowest BCUT2D eigenvalue weighted by atomic mass is 9.84. The molecule has 86 valence electrons. The number of carbonyl (C=O) groups excluding carboxylic acids is 1. The molecular weight excluding hydrogens is 200 g/mol. The van der Waals surface area contributed by atoms with Crippen LogP contribution >= 0.6 is 0 Å². The third-order valence-corrected chi connectivity index (χ3v) is 2.35. The van der Waals surface area contributed by atoms with Crippen LogP contribution in [0.2, 0.25) is 0 Å². The molecule has 0 saturated carbocycles. The summed E-state index contributed by atoms with van der Waals surface area (Å²) in [5.41, 5.74) is 1.57. The van der Waals surface area contributed by atoms with Crippen molar-refractivity contribution in [3.8, 4) is 5.75 Å². The average molecular weight is 218 g/mol. The predicted molar refractivity (Wildman–Crippen MR) is 66.2 cm³/mol. The van der Waals surface area contributed by atoms with Crippen LogP contribution in [0.15, 0.2) is 30.9 Å². The lowest BCUT2D eigenvalue weighted by Crippen LogP contribution is -2.15. The number of aldehydes is 1. The third-order valence-electron chi connectivity index (χ3n) is 2.35. The smallest absolute Gasteiger partial charge is 0.154 e. The summed E-state index contributed by atoms with van der Waals surface area (Å²) in [6.07, 6.45) is 2.53. The summed E-state index contributed by atoms with van der Waals surface area (Å²) in [5, 5.41) is 0. The van der Waals surface area contributed by atoms with Gasteiger partial charge >= 0.3 is 0 Å². The molecule has 0 unspecified atom stereocenters. The van der Waals surface area contributed by atoms with Crippen LogP contribution in [0.4, 0.5) is 0 Å². The van der Waals surface area contributed by atoms with Gasteiger partial charge in [0.1, 0.15) is 12.4 Å². The number of benzene rings is 1. The highest BCUT2D eigenvalue weighted by atomic mass is 16.5. The minimum Gasteiger partial charge on any atom is -0.489 e. The van der Waals surface area contributed by atoms with Crippen molar-refractivity contribution in [3.05, 3.63) is 42.0 Å². The van der Waals surface area contributed by atoms with Crippen molar-refractivity contribution in [2.24, 2.45) is 0 Å². The first kappa shape index (κ1) is 12.5. The molecular formula is C14H18O2. The molecule has 0 amide bonds. The van der Waals surface area contributed by atoms with Crippen molar-refractivity contribution in [1.29, 1.82) is 0 Å². The van der Waals surface area contributed by atoms with Gasteiger partial charge in [0.25, 0.3) is 0 Å². The van der Waals surface area contributed by atoms with Gasteiger partial charge in [-0.05, 0) is 17.0 Å². The Labute approximate surface area is 96.9 Å². The van der Waals surface area contributed by atoms with E-state index in [1.807, 2.05) is 18.2 Å². The molecule has 1 aromatic rings. The van der Waals surface area contributed by atoms with Gasteiger partial charge in [-0.3, -0.25) is 4.79 Å². The zero-order valence-corrected chi connectivity index (χ0v) is 10.1. The molecule has 0 aliphatic rings. The largest absolute Gasteiger partial charge is 0.489 e. The summed E-state index contributed by atoms with van der Waals surface area (Å²) in [6.45, 7) is 10.2. The zero-order valence-electron chi connectivity index (χ0n) is 10.1. The predicted octanol–water partition coefficient (Wildman–Crippen LogP) is 3.36. The molecule has 2 nitrogen and oxygen atoms in total. The van der Waals surface area contributed by atoms with E-state index in [1.54, 1.807) is 6.08 Å². The fraction of sp³-hybridized carbons (Fsp3) is 0.357. The maximum absolute atomic E-state index is 11.2. The monoisotopic (exact) mass is 218 g/mol. The summed E-state index contributed by atoms with van der Waals surface area (Å²) in [4.78, 5) is 11.2. The van der Waals surface area contributed by atoms with E-state index in [4.69, 9.17) is 4.74 Å². The van der Waals surface area contributed by atoms with E-state index in [0.29, 0.717) is 17.9 Å². The molecule has 0 spiro atoms. The summed E-state index contributed by atoms with van der Waals surface area (Å²) in [7, 11) is 0. The van der Waals surface area contributed by atoms with Crippen LogP contribution in [0, 0.1) is 0 Å². The van der Waals surface area contributed by atoms with Crippen molar-refractivity contribution in [2.75, 3.05) is 6.61 Å². The van der Waals surface area contributed by atoms with Crippen LogP contribution in [0.25, 0.3) is 0 Å². The summed E-state index contributed by atoms with van der Waals surface area (Å²) in [5.74, 6) is 0.627. The lowest BCUT2D eigenvalue weighted by Gasteiger charge is -2.22. The maximum atomic E-state index is 11.2. The Morgan fingerprint density at radius 2 is 2.06 bits per heavy atom. The number of hydrogen-bond donors (Lipinski definition) is 0. The van der Waals surface area contributed by atoms with Crippen LogP contribution in [0.5, 0.6) is 5.75 Å². The van der Waals surface area contributed by atoms with E-state index in [1.165, 1.54) is 0 Å². The van der Waals surface area contributed by atoms with Crippen molar-refractivity contribution in [1.82, 2.24) is 0 Å². The van der Waals surface area contributed by atoms with E-state index in [9.17, 15) is 4.79 Å². The Bertz CT molecular complexity index is 386. The van der Waals surface area contributed by atoms with E-state index in [0.717, 1.165) is 11.8 Å². The second-order valence-electron chi connectivity index (χ2n) is 4.68. The Kier molecular flexibility index (Phi) is 3.88. The molecule has 0 radical (unpaired) electrons. The van der Waals surface area contributed by atoms with Crippen LogP contribution in [0.1, 0.15) is 36.7 Å². The van der Waals surface area contributed by atoms with Gasteiger partial charge in [0, 0.05) is 0 Å². The highest BCUT2D eigenvalue weighted by molar-refractivity contribution is 5.82. The van der Waals surface area contributed by atoms with E-state index in [2.05, 4.69) is 27.4 Å². The number of hydrogen-bond acceptors (Lipinski definition) is 2. The van der Waals surface area contributed by atoms with Gasteiger partial charge < -0.3 is 4.74 Å². The van der Waals surface area contributed by atoms with Gasteiger partial charge in [0.2, 0.25) is 0 Å². The Hall–Kier alpha value is -1.57. The van der Waals surface area contributed by atoms with E-state index < -0.39 is 0 Å². The lowest BCUT2D eigenvalue weighted by molar-refractivity contribution is 0.111. The molecule has 1 rings (SSSR count). The third kappa shape index (κ3) is 2.72. The molecule has 0 heterocycles. The molecule has 2 heteroatoms. The standard InChI is InChI=1S/C14H18O2/c1-5-9-16-13-8-6-7-12(11(13)10-15)14(2,3)4/h5-8,10H,1,9H2,2-4H3. The SMILES string of the molecule is C=CCOc1cccc(C(C)(C)C)c1C=O. The molecule has 0 fully saturated rings. The molecule has 0 aliphatic carbocycles. The van der Waals surface area contributed by atoms with Gasteiger partial charge in [-0.2, -0.15) is 0 Å². The van der Waals surface area contributed by atoms with Gasteiger partial charge in [0.15, 0.2) is 6.29 Å². The highest BCUT2D eigenvalue weighted by Gasteiger charge is 2.20. The minimum atomic E-state index is -0.0657. The quantitative estimate of drug-likeness (QED) is 0.572. The first-order valence-electron chi connectivity index (χ1n) is 5.33. The van der Waals surface area contributed by atoms with Crippen molar-refractivity contribution in [3.63, 3.8) is 0 Å². The van der Waals surface area contributed by atoms with Crippen LogP contribution in [-0.4, -0.2) is 12.9 Å². The Balaban J connectivity index is 3.20. The van der Waals surface area contributed by atoms with Crippen LogP contribution in [-0.2, 0) is 5.41 Å². The average Bonchev–Trinajstić information content (AvgIpc) is 2.24. The fourth-order valence-corrected chi connectivity index (χ4v) is 1.59. The van der Waals surface area contributed by atoms with Crippen molar-refractivity contribution >= 4 is 6.29 Å². The van der Waals surface area contributed by atoms with Gasteiger partial charge in [-0.1, -0.05) is 45.6 Å². The molecule has 1 aromatic carbocycles. The van der Waals surface area contributed by atoms with Gasteiger partial charge in [-0.25, -0.2) is 0 Å². The maximum Gasteiger partial charge on any atom is 0.154 e. The van der Waals surface area contributed by atoms with Crippen molar-refractivity contribution < 1.29 is 9.53 Å². The molecule has 0 saturated heterocycles. The summed E-state index contributed by atoms with van der Waals surface area (Å²) >= 11 is 0. The number of carbonyl (C=O) groups is 1. The Morgan fingerprint density at radius 3 is 2.56 bits per heavy atom. The van der Waals surface area contributed by atoms with E-state index in [-0.39, 0.29) is 5.41 Å². The fourth-order valence-electron chi connectivity index (χ4n) is 1.59. The highest BCUT2D eigenvalue weighted by Crippen LogP contribution is 2.30. The second-order valence-corrected chi connectivity index (χ2v) is 4.68. The molecule has 0 atom stereocenters. The number of ether oxygens (including phenoxy) is 1. The molecule has 0 N–H and O–H groups in total. The normalized spacial score (nSPS) is 10.9. The zero-order chi connectivity index (χ0) is 12.2. The van der Waals surface area contributed by atoms with Crippen molar-refractivity contribution in [2.45, 2.75) is 26.2 Å². The number of rotatable bonds is 4. The molecule has 0 bridgehead atoms. The van der Waals surface area contributed by atoms with E-state index >= 15 is 0 Å².